The predicted octanol–water partition coefficient (Wildman–Crippen LogP) is 3.10. The molecule has 5 heteroatoms. The molecule has 0 aliphatic rings. The third kappa shape index (κ3) is 2.22. The highest BCUT2D eigenvalue weighted by molar-refractivity contribution is 9.10. The molecule has 3 aromatic rings. The number of aromatic nitrogens is 3. The van der Waals surface area contributed by atoms with Crippen molar-refractivity contribution in [2.24, 2.45) is 0 Å². The Labute approximate surface area is 113 Å². The molecule has 0 saturated heterocycles. The van der Waals surface area contributed by atoms with Crippen LogP contribution in [0, 0.1) is 0 Å². The molecule has 2 aromatic heterocycles. The molecule has 0 aliphatic heterocycles. The molecule has 0 unspecified atom stereocenters. The number of imidazole rings is 1. The Hall–Kier alpha value is -1.88. The van der Waals surface area contributed by atoms with Crippen LogP contribution in [0.5, 0.6) is 0 Å². The lowest BCUT2D eigenvalue weighted by Gasteiger charge is -2.07. The van der Waals surface area contributed by atoms with Crippen LogP contribution in [0.25, 0.3) is 5.65 Å². The maximum absolute atomic E-state index is 4.41. The summed E-state index contributed by atoms with van der Waals surface area (Å²) in [6, 6.07) is 10.2. The first-order valence-electron chi connectivity index (χ1n) is 5.60. The van der Waals surface area contributed by atoms with E-state index in [0.29, 0.717) is 0 Å². The van der Waals surface area contributed by atoms with E-state index in [-0.39, 0.29) is 0 Å². The van der Waals surface area contributed by atoms with Gasteiger partial charge in [0.2, 0.25) is 0 Å². The van der Waals surface area contributed by atoms with E-state index in [9.17, 15) is 0 Å². The van der Waals surface area contributed by atoms with Gasteiger partial charge in [0.25, 0.3) is 0 Å². The topological polar surface area (TPSA) is 42.2 Å². The van der Waals surface area contributed by atoms with Crippen molar-refractivity contribution in [3.05, 3.63) is 59.1 Å². The monoisotopic (exact) mass is 302 g/mol. The lowest BCUT2D eigenvalue weighted by molar-refractivity contribution is 1.05. The van der Waals surface area contributed by atoms with Crippen LogP contribution >= 0.6 is 15.9 Å². The van der Waals surface area contributed by atoms with Crippen LogP contribution in [0.2, 0.25) is 0 Å². The van der Waals surface area contributed by atoms with Crippen LogP contribution < -0.4 is 5.32 Å². The number of nitrogens with one attached hydrogen (secondary N) is 1. The van der Waals surface area contributed by atoms with Crippen LogP contribution in [0.15, 0.2) is 53.5 Å². The van der Waals surface area contributed by atoms with Gasteiger partial charge in [-0.2, -0.15) is 0 Å². The van der Waals surface area contributed by atoms with Gasteiger partial charge in [-0.3, -0.25) is 0 Å². The van der Waals surface area contributed by atoms with Crippen molar-refractivity contribution in [3.63, 3.8) is 0 Å². The van der Waals surface area contributed by atoms with Gasteiger partial charge in [0.1, 0.15) is 4.60 Å². The van der Waals surface area contributed by atoms with E-state index in [1.165, 1.54) is 5.56 Å². The second kappa shape index (κ2) is 4.78. The highest BCUT2D eigenvalue weighted by Gasteiger charge is 2.05. The number of anilines is 1. The zero-order valence-corrected chi connectivity index (χ0v) is 11.1. The molecule has 0 aliphatic carbocycles. The molecule has 18 heavy (non-hydrogen) atoms. The van der Waals surface area contributed by atoms with E-state index in [1.54, 1.807) is 6.20 Å². The summed E-state index contributed by atoms with van der Waals surface area (Å²) in [5.41, 5.74) is 2.04. The first-order chi connectivity index (χ1) is 8.83. The maximum atomic E-state index is 4.41. The first-order valence-corrected chi connectivity index (χ1v) is 6.39. The largest absolute Gasteiger partial charge is 0.363 e. The SMILES string of the molecule is Brc1cn2ccnc2c(NCc2ccccc2)n1. The molecular weight excluding hydrogens is 292 g/mol. The van der Waals surface area contributed by atoms with Crippen LogP contribution in [0.4, 0.5) is 5.82 Å². The Morgan fingerprint density at radius 2 is 2.06 bits per heavy atom. The van der Waals surface area contributed by atoms with Crippen molar-refractivity contribution >= 4 is 27.4 Å². The molecule has 0 radical (unpaired) electrons. The van der Waals surface area contributed by atoms with Gasteiger partial charge >= 0.3 is 0 Å². The van der Waals surface area contributed by atoms with Gasteiger partial charge in [0, 0.05) is 25.1 Å². The minimum absolute atomic E-state index is 0.729. The summed E-state index contributed by atoms with van der Waals surface area (Å²) < 4.78 is 2.72. The van der Waals surface area contributed by atoms with E-state index in [2.05, 4.69) is 43.3 Å². The second-order valence-electron chi connectivity index (χ2n) is 3.91. The molecule has 90 valence electrons. The first kappa shape index (κ1) is 11.2. The summed E-state index contributed by atoms with van der Waals surface area (Å²) in [5.74, 6) is 0.776. The normalized spacial score (nSPS) is 10.7. The molecule has 1 N–H and O–H groups in total. The third-order valence-electron chi connectivity index (χ3n) is 2.65. The fourth-order valence-corrected chi connectivity index (χ4v) is 2.20. The van der Waals surface area contributed by atoms with Gasteiger partial charge in [-0.15, -0.1) is 0 Å². The molecule has 4 nitrogen and oxygen atoms in total. The van der Waals surface area contributed by atoms with Crippen LogP contribution in [0.3, 0.4) is 0 Å². The standard InChI is InChI=1S/C13H11BrN4/c14-11-9-18-7-6-15-13(18)12(17-11)16-8-10-4-2-1-3-5-10/h1-7,9H,8H2,(H,16,17). The predicted molar refractivity (Wildman–Crippen MR) is 74.5 cm³/mol. The average Bonchev–Trinajstić information content (AvgIpc) is 2.85. The number of halogens is 1. The van der Waals surface area contributed by atoms with Crippen molar-refractivity contribution in [1.82, 2.24) is 14.4 Å². The lowest BCUT2D eigenvalue weighted by Crippen LogP contribution is -2.04. The summed E-state index contributed by atoms with van der Waals surface area (Å²) in [6.07, 6.45) is 5.54. The highest BCUT2D eigenvalue weighted by Crippen LogP contribution is 2.17. The van der Waals surface area contributed by atoms with Gasteiger partial charge in [0.05, 0.1) is 0 Å². The summed E-state index contributed by atoms with van der Waals surface area (Å²) in [4.78, 5) is 8.70. The lowest BCUT2D eigenvalue weighted by atomic mass is 10.2. The van der Waals surface area contributed by atoms with Gasteiger partial charge in [-0.25, -0.2) is 9.97 Å². The zero-order valence-electron chi connectivity index (χ0n) is 9.55. The van der Waals surface area contributed by atoms with Crippen molar-refractivity contribution in [1.29, 1.82) is 0 Å². The van der Waals surface area contributed by atoms with Crippen LogP contribution in [-0.4, -0.2) is 14.4 Å². The van der Waals surface area contributed by atoms with E-state index in [4.69, 9.17) is 0 Å². The summed E-state index contributed by atoms with van der Waals surface area (Å²) in [7, 11) is 0. The molecule has 0 atom stereocenters. The molecule has 0 saturated carbocycles. The Balaban J connectivity index is 1.88. The van der Waals surface area contributed by atoms with Gasteiger partial charge in [-0.1, -0.05) is 30.3 Å². The van der Waals surface area contributed by atoms with E-state index in [0.717, 1.165) is 22.6 Å². The molecule has 1 aromatic carbocycles. The number of hydrogen-bond donors (Lipinski definition) is 1. The van der Waals surface area contributed by atoms with Crippen molar-refractivity contribution in [2.75, 3.05) is 5.32 Å². The van der Waals surface area contributed by atoms with E-state index < -0.39 is 0 Å². The molecule has 3 rings (SSSR count). The molecule has 0 fully saturated rings. The molecule has 0 amide bonds. The fourth-order valence-electron chi connectivity index (χ4n) is 1.80. The average molecular weight is 303 g/mol. The zero-order chi connectivity index (χ0) is 12.4. The number of benzene rings is 1. The number of rotatable bonds is 3. The Bertz CT molecular complexity index is 663. The molecule has 0 bridgehead atoms. The second-order valence-corrected chi connectivity index (χ2v) is 4.72. The minimum Gasteiger partial charge on any atom is -0.363 e. The van der Waals surface area contributed by atoms with Gasteiger partial charge in [0.15, 0.2) is 11.5 Å². The highest BCUT2D eigenvalue weighted by atomic mass is 79.9. The summed E-state index contributed by atoms with van der Waals surface area (Å²) in [5, 5.41) is 3.31. The Morgan fingerprint density at radius 3 is 2.89 bits per heavy atom. The van der Waals surface area contributed by atoms with Crippen molar-refractivity contribution in [2.45, 2.75) is 6.54 Å². The molecule has 2 heterocycles. The van der Waals surface area contributed by atoms with E-state index >= 15 is 0 Å². The Morgan fingerprint density at radius 1 is 1.22 bits per heavy atom. The number of hydrogen-bond acceptors (Lipinski definition) is 3. The van der Waals surface area contributed by atoms with Crippen LogP contribution in [-0.2, 0) is 6.54 Å². The smallest absolute Gasteiger partial charge is 0.180 e. The minimum atomic E-state index is 0.729. The number of fused-ring (bicyclic) bond motifs is 1. The molecule has 0 spiro atoms. The molecular formula is C13H11BrN4. The summed E-state index contributed by atoms with van der Waals surface area (Å²) >= 11 is 3.39. The van der Waals surface area contributed by atoms with Crippen molar-refractivity contribution < 1.29 is 0 Å². The Kier molecular flexibility index (Phi) is 2.98. The van der Waals surface area contributed by atoms with Gasteiger partial charge < -0.3 is 9.72 Å². The third-order valence-corrected chi connectivity index (χ3v) is 3.03. The van der Waals surface area contributed by atoms with Crippen molar-refractivity contribution in [3.8, 4) is 0 Å². The van der Waals surface area contributed by atoms with Crippen LogP contribution in [0.1, 0.15) is 5.56 Å². The quantitative estimate of drug-likeness (QED) is 0.808. The summed E-state index contributed by atoms with van der Waals surface area (Å²) in [6.45, 7) is 0.729. The maximum Gasteiger partial charge on any atom is 0.180 e. The van der Waals surface area contributed by atoms with Gasteiger partial charge in [-0.05, 0) is 21.5 Å². The van der Waals surface area contributed by atoms with E-state index in [1.807, 2.05) is 35.0 Å². The fraction of sp³-hybridized carbons (Fsp3) is 0.0769. The number of nitrogens with zero attached hydrogens (tertiary/aromatic N) is 3.